The molecule has 0 bridgehead atoms. The van der Waals surface area contributed by atoms with E-state index >= 15 is 0 Å². The Kier molecular flexibility index (Phi) is 5.82. The molecule has 0 heterocycles. The molecule has 1 aromatic rings. The molecule has 1 aromatic carbocycles. The van der Waals surface area contributed by atoms with Gasteiger partial charge in [0.2, 0.25) is 0 Å². The highest BCUT2D eigenvalue weighted by atomic mass is 16.7. The summed E-state index contributed by atoms with van der Waals surface area (Å²) in [4.78, 5) is 19.0. The Balaban J connectivity index is 2.60. The fraction of sp³-hybridized carbons (Fsp3) is 0.500. The molecule has 0 aliphatic heterocycles. The van der Waals surface area contributed by atoms with Gasteiger partial charge in [0.05, 0.1) is 6.10 Å². The maximum Gasteiger partial charge on any atom is 0.274 e. The van der Waals surface area contributed by atoms with Crippen LogP contribution in [0.4, 0.5) is 0 Å². The first-order valence-corrected chi connectivity index (χ1v) is 6.18. The summed E-state index contributed by atoms with van der Waals surface area (Å²) in [5.41, 5.74) is 4.23. The van der Waals surface area contributed by atoms with E-state index < -0.39 is 0 Å². The lowest BCUT2D eigenvalue weighted by atomic mass is 10.1. The van der Waals surface area contributed by atoms with Crippen molar-refractivity contribution in [2.45, 2.75) is 26.4 Å². The zero-order valence-electron chi connectivity index (χ0n) is 11.6. The van der Waals surface area contributed by atoms with Gasteiger partial charge in [-0.2, -0.15) is 0 Å². The summed E-state index contributed by atoms with van der Waals surface area (Å²) in [6.07, 6.45) is 0.907. The zero-order valence-corrected chi connectivity index (χ0v) is 11.6. The van der Waals surface area contributed by atoms with Crippen LogP contribution in [-0.2, 0) is 11.3 Å². The molecule has 0 saturated heterocycles. The third-order valence-corrected chi connectivity index (χ3v) is 2.42. The van der Waals surface area contributed by atoms with Crippen LogP contribution in [0.2, 0.25) is 0 Å². The highest BCUT2D eigenvalue weighted by Crippen LogP contribution is 2.06. The molecule has 1 rings (SSSR count). The van der Waals surface area contributed by atoms with Crippen molar-refractivity contribution < 1.29 is 9.63 Å². The molecule has 0 radical (unpaired) electrons. The molecule has 0 aliphatic carbocycles. The predicted octanol–water partition coefficient (Wildman–Crippen LogP) is 1.86. The molecular weight excluding hydrogens is 228 g/mol. The van der Waals surface area contributed by atoms with Crippen LogP contribution in [0, 0.1) is 0 Å². The van der Waals surface area contributed by atoms with Gasteiger partial charge in [-0.1, -0.05) is 12.1 Å². The van der Waals surface area contributed by atoms with Crippen LogP contribution in [-0.4, -0.2) is 37.6 Å². The van der Waals surface area contributed by atoms with Gasteiger partial charge in [0.15, 0.2) is 0 Å². The van der Waals surface area contributed by atoms with Gasteiger partial charge in [0.1, 0.15) is 0 Å². The quantitative estimate of drug-likeness (QED) is 0.784. The van der Waals surface area contributed by atoms with Gasteiger partial charge in [0, 0.05) is 12.1 Å². The molecule has 1 amide bonds. The SMILES string of the molecule is CC(C)ONC(=O)c1cccc(CCN(C)C)c1. The van der Waals surface area contributed by atoms with Gasteiger partial charge in [-0.3, -0.25) is 9.63 Å². The first kappa shape index (κ1) is 14.7. The van der Waals surface area contributed by atoms with Crippen molar-refractivity contribution in [3.63, 3.8) is 0 Å². The molecule has 0 atom stereocenters. The van der Waals surface area contributed by atoms with Gasteiger partial charge >= 0.3 is 0 Å². The van der Waals surface area contributed by atoms with E-state index in [0.717, 1.165) is 18.5 Å². The summed E-state index contributed by atoms with van der Waals surface area (Å²) in [6.45, 7) is 4.70. The second-order valence-corrected chi connectivity index (χ2v) is 4.85. The number of benzene rings is 1. The van der Waals surface area contributed by atoms with Gasteiger partial charge in [-0.15, -0.1) is 0 Å². The Hall–Kier alpha value is -1.39. The number of carbonyl (C=O) groups excluding carboxylic acids is 1. The third kappa shape index (κ3) is 5.29. The van der Waals surface area contributed by atoms with E-state index in [1.165, 1.54) is 0 Å². The highest BCUT2D eigenvalue weighted by molar-refractivity contribution is 5.93. The van der Waals surface area contributed by atoms with Crippen molar-refractivity contribution in [2.75, 3.05) is 20.6 Å². The summed E-state index contributed by atoms with van der Waals surface area (Å²) >= 11 is 0. The van der Waals surface area contributed by atoms with Crippen LogP contribution >= 0.6 is 0 Å². The van der Waals surface area contributed by atoms with Crippen molar-refractivity contribution in [3.8, 4) is 0 Å². The fourth-order valence-electron chi connectivity index (χ4n) is 1.45. The minimum atomic E-state index is -0.199. The molecule has 4 nitrogen and oxygen atoms in total. The summed E-state index contributed by atoms with van der Waals surface area (Å²) < 4.78 is 0. The van der Waals surface area contributed by atoms with Crippen LogP contribution in [0.5, 0.6) is 0 Å². The van der Waals surface area contributed by atoms with E-state index in [1.807, 2.05) is 46.1 Å². The Bertz CT molecular complexity index is 389. The van der Waals surface area contributed by atoms with E-state index in [0.29, 0.717) is 5.56 Å². The van der Waals surface area contributed by atoms with E-state index in [9.17, 15) is 4.79 Å². The van der Waals surface area contributed by atoms with Crippen molar-refractivity contribution in [1.29, 1.82) is 0 Å². The molecule has 100 valence electrons. The lowest BCUT2D eigenvalue weighted by Gasteiger charge is -2.11. The smallest absolute Gasteiger partial charge is 0.274 e. The minimum Gasteiger partial charge on any atom is -0.309 e. The molecular formula is C14H22N2O2. The van der Waals surface area contributed by atoms with E-state index in [-0.39, 0.29) is 12.0 Å². The number of likely N-dealkylation sites (N-methyl/N-ethyl adjacent to an activating group) is 1. The summed E-state index contributed by atoms with van der Waals surface area (Å²) in [6, 6.07) is 7.62. The number of hydrogen-bond donors (Lipinski definition) is 1. The third-order valence-electron chi connectivity index (χ3n) is 2.42. The van der Waals surface area contributed by atoms with Gasteiger partial charge in [0.25, 0.3) is 5.91 Å². The van der Waals surface area contributed by atoms with Crippen LogP contribution in [0.15, 0.2) is 24.3 Å². The van der Waals surface area contributed by atoms with Crippen LogP contribution < -0.4 is 5.48 Å². The summed E-state index contributed by atoms with van der Waals surface area (Å²) in [5.74, 6) is -0.199. The average molecular weight is 250 g/mol. The largest absolute Gasteiger partial charge is 0.309 e. The lowest BCUT2D eigenvalue weighted by Crippen LogP contribution is -2.27. The molecule has 0 aromatic heterocycles. The molecule has 0 aliphatic rings. The molecule has 0 fully saturated rings. The molecule has 4 heteroatoms. The molecule has 1 N–H and O–H groups in total. The van der Waals surface area contributed by atoms with Gasteiger partial charge < -0.3 is 4.90 Å². The maximum absolute atomic E-state index is 11.8. The second-order valence-electron chi connectivity index (χ2n) is 4.85. The van der Waals surface area contributed by atoms with E-state index in [1.54, 1.807) is 6.07 Å². The number of rotatable bonds is 6. The Morgan fingerprint density at radius 1 is 1.39 bits per heavy atom. The Morgan fingerprint density at radius 3 is 2.72 bits per heavy atom. The van der Waals surface area contributed by atoms with Gasteiger partial charge in [-0.25, -0.2) is 5.48 Å². The van der Waals surface area contributed by atoms with Crippen molar-refractivity contribution in [2.24, 2.45) is 0 Å². The van der Waals surface area contributed by atoms with Crippen molar-refractivity contribution >= 4 is 5.91 Å². The zero-order chi connectivity index (χ0) is 13.5. The van der Waals surface area contributed by atoms with Crippen LogP contribution in [0.3, 0.4) is 0 Å². The number of hydrogen-bond acceptors (Lipinski definition) is 3. The molecule has 18 heavy (non-hydrogen) atoms. The Labute approximate surface area is 109 Å². The van der Waals surface area contributed by atoms with Crippen molar-refractivity contribution in [3.05, 3.63) is 35.4 Å². The average Bonchev–Trinajstić information content (AvgIpc) is 2.33. The first-order chi connectivity index (χ1) is 8.49. The highest BCUT2D eigenvalue weighted by Gasteiger charge is 2.07. The lowest BCUT2D eigenvalue weighted by molar-refractivity contribution is 0.000184. The number of nitrogens with one attached hydrogen (secondary N) is 1. The molecule has 0 saturated carbocycles. The standard InChI is InChI=1S/C14H22N2O2/c1-11(2)18-15-14(17)13-7-5-6-12(10-13)8-9-16(3)4/h5-7,10-11H,8-9H2,1-4H3,(H,15,17). The van der Waals surface area contributed by atoms with Crippen LogP contribution in [0.1, 0.15) is 29.8 Å². The van der Waals surface area contributed by atoms with Crippen LogP contribution in [0.25, 0.3) is 0 Å². The maximum atomic E-state index is 11.8. The summed E-state index contributed by atoms with van der Waals surface area (Å²) in [5, 5.41) is 0. The fourth-order valence-corrected chi connectivity index (χ4v) is 1.45. The number of nitrogens with zero attached hydrogens (tertiary/aromatic N) is 1. The summed E-state index contributed by atoms with van der Waals surface area (Å²) in [7, 11) is 4.07. The molecule has 0 spiro atoms. The Morgan fingerprint density at radius 2 is 2.11 bits per heavy atom. The first-order valence-electron chi connectivity index (χ1n) is 6.18. The van der Waals surface area contributed by atoms with Gasteiger partial charge in [-0.05, 0) is 52.1 Å². The second kappa shape index (κ2) is 7.13. The van der Waals surface area contributed by atoms with Crippen molar-refractivity contribution in [1.82, 2.24) is 10.4 Å². The van der Waals surface area contributed by atoms with E-state index in [4.69, 9.17) is 4.84 Å². The normalized spacial score (nSPS) is 11.0. The van der Waals surface area contributed by atoms with E-state index in [2.05, 4.69) is 10.4 Å². The number of carbonyl (C=O) groups is 1. The minimum absolute atomic E-state index is 0.0223. The number of amides is 1. The monoisotopic (exact) mass is 250 g/mol. The predicted molar refractivity (Wildman–Crippen MR) is 72.4 cm³/mol. The number of hydroxylamine groups is 1. The molecule has 0 unspecified atom stereocenters. The topological polar surface area (TPSA) is 41.6 Å².